The molecule has 50 heavy (non-hydrogen) atoms. The average Bonchev–Trinajstić information content (AvgIpc) is 3.76. The van der Waals surface area contributed by atoms with Crippen LogP contribution >= 0.6 is 0 Å². The minimum absolute atomic E-state index is 0.617. The minimum atomic E-state index is 0.617. The van der Waals surface area contributed by atoms with E-state index in [4.69, 9.17) is 23.8 Å². The zero-order valence-corrected chi connectivity index (χ0v) is 27.0. The zero-order chi connectivity index (χ0) is 33.0. The molecule has 0 atom stereocenters. The second-order valence-corrected chi connectivity index (χ2v) is 12.7. The van der Waals surface area contributed by atoms with Crippen LogP contribution in [0.1, 0.15) is 23.6 Å². The van der Waals surface area contributed by atoms with Crippen molar-refractivity contribution >= 4 is 44.6 Å². The topological polar surface area (TPSA) is 65.0 Å². The van der Waals surface area contributed by atoms with Crippen molar-refractivity contribution in [1.82, 2.24) is 15.0 Å². The molecular formula is C45H29N3O2. The number of furan rings is 2. The molecule has 0 unspecified atom stereocenters. The lowest BCUT2D eigenvalue weighted by molar-refractivity contribution is 0.547. The van der Waals surface area contributed by atoms with E-state index in [9.17, 15) is 0 Å². The molecule has 0 saturated heterocycles. The summed E-state index contributed by atoms with van der Waals surface area (Å²) in [6.07, 6.45) is 3.76. The molecule has 1 aliphatic rings. The molecule has 3 heterocycles. The number of hydrogen-bond acceptors (Lipinski definition) is 5. The van der Waals surface area contributed by atoms with Gasteiger partial charge in [0, 0.05) is 39.3 Å². The Hall–Kier alpha value is -6.59. The van der Waals surface area contributed by atoms with Gasteiger partial charge in [-0.3, -0.25) is 0 Å². The van der Waals surface area contributed by atoms with Crippen LogP contribution in [-0.2, 0) is 6.42 Å². The third kappa shape index (κ3) is 4.82. The number of aromatic nitrogens is 3. The summed E-state index contributed by atoms with van der Waals surface area (Å²) >= 11 is 0. The van der Waals surface area contributed by atoms with Crippen molar-refractivity contribution in [1.29, 1.82) is 0 Å². The summed E-state index contributed by atoms with van der Waals surface area (Å²) in [5.41, 5.74) is 11.2. The molecule has 1 aliphatic carbocycles. The van der Waals surface area contributed by atoms with Crippen molar-refractivity contribution in [3.63, 3.8) is 0 Å². The summed E-state index contributed by atoms with van der Waals surface area (Å²) in [5, 5.41) is 3.12. The van der Waals surface area contributed by atoms with Crippen LogP contribution in [0.5, 0.6) is 0 Å². The number of aryl methyl sites for hydroxylation is 1. The van der Waals surface area contributed by atoms with Gasteiger partial charge in [-0.05, 0) is 64.6 Å². The van der Waals surface area contributed by atoms with Crippen LogP contribution in [-0.4, -0.2) is 15.0 Å². The Morgan fingerprint density at radius 2 is 1.06 bits per heavy atom. The summed E-state index contributed by atoms with van der Waals surface area (Å²) in [6.45, 7) is 0. The maximum Gasteiger partial charge on any atom is 0.164 e. The molecule has 9 aromatic rings. The molecule has 0 fully saturated rings. The van der Waals surface area contributed by atoms with Crippen LogP contribution in [0, 0.1) is 0 Å². The van der Waals surface area contributed by atoms with Gasteiger partial charge in [-0.15, -0.1) is 0 Å². The largest absolute Gasteiger partial charge is 0.460 e. The van der Waals surface area contributed by atoms with Crippen molar-refractivity contribution < 1.29 is 8.83 Å². The van der Waals surface area contributed by atoms with E-state index in [1.807, 2.05) is 60.7 Å². The van der Waals surface area contributed by atoms with Crippen molar-refractivity contribution in [2.24, 2.45) is 0 Å². The Morgan fingerprint density at radius 1 is 0.420 bits per heavy atom. The molecule has 3 aromatic heterocycles. The highest BCUT2D eigenvalue weighted by molar-refractivity contribution is 6.12. The highest BCUT2D eigenvalue weighted by atomic mass is 16.3. The van der Waals surface area contributed by atoms with E-state index in [1.165, 1.54) is 11.1 Å². The van der Waals surface area contributed by atoms with Crippen molar-refractivity contribution in [2.45, 2.75) is 12.8 Å². The van der Waals surface area contributed by atoms with Gasteiger partial charge in [0.05, 0.1) is 0 Å². The predicted octanol–water partition coefficient (Wildman–Crippen LogP) is 11.7. The molecule has 0 radical (unpaired) electrons. The minimum Gasteiger partial charge on any atom is -0.460 e. The number of allylic oxidation sites excluding steroid dienone is 1. The third-order valence-corrected chi connectivity index (χ3v) is 9.67. The molecule has 5 heteroatoms. The van der Waals surface area contributed by atoms with E-state index >= 15 is 0 Å². The van der Waals surface area contributed by atoms with Gasteiger partial charge < -0.3 is 8.83 Å². The summed E-state index contributed by atoms with van der Waals surface area (Å²) < 4.78 is 12.7. The molecule has 0 spiro atoms. The molecular weight excluding hydrogens is 615 g/mol. The number of benzene rings is 6. The van der Waals surface area contributed by atoms with Gasteiger partial charge in [0.15, 0.2) is 17.5 Å². The van der Waals surface area contributed by atoms with E-state index in [1.54, 1.807) is 0 Å². The number of fused-ring (bicyclic) bond motifs is 6. The Kier molecular flexibility index (Phi) is 6.56. The second kappa shape index (κ2) is 11.5. The molecule has 10 rings (SSSR count). The van der Waals surface area contributed by atoms with Crippen molar-refractivity contribution in [3.8, 4) is 45.0 Å². The molecule has 0 amide bonds. The molecule has 236 valence electrons. The first kappa shape index (κ1) is 28.4. The molecule has 0 bridgehead atoms. The van der Waals surface area contributed by atoms with Gasteiger partial charge in [-0.1, -0.05) is 121 Å². The number of para-hydroxylation sites is 1. The SMILES string of the molecule is C1=C(c2nc(-c3ccccc3)nc(-c3cccc4oc5cc(-c6ccc(-c7ccccc7)cc6)ccc5c34)n2)CCc2oc3ccccc3c21. The first-order valence-corrected chi connectivity index (χ1v) is 16.9. The van der Waals surface area contributed by atoms with E-state index in [0.29, 0.717) is 17.5 Å². The highest BCUT2D eigenvalue weighted by Crippen LogP contribution is 2.40. The summed E-state index contributed by atoms with van der Waals surface area (Å²) in [4.78, 5) is 15.3. The summed E-state index contributed by atoms with van der Waals surface area (Å²) in [6, 6.07) is 50.0. The monoisotopic (exact) mass is 643 g/mol. The Labute approximate surface area is 288 Å². The molecule has 0 saturated carbocycles. The van der Waals surface area contributed by atoms with E-state index < -0.39 is 0 Å². The third-order valence-electron chi connectivity index (χ3n) is 9.67. The fourth-order valence-electron chi connectivity index (χ4n) is 7.16. The number of nitrogens with zero attached hydrogens (tertiary/aromatic N) is 3. The normalized spacial score (nSPS) is 12.8. The van der Waals surface area contributed by atoms with Gasteiger partial charge in [-0.2, -0.15) is 0 Å². The Morgan fingerprint density at radius 3 is 1.88 bits per heavy atom. The standard InChI is InChI=1S/C45H29N3O2/c1-3-10-28(11-4-1)29-18-20-30(21-19-29)32-22-24-35-41(27-32)50-40-17-9-15-36(42(35)40)45-47-43(31-12-5-2-6-13-31)46-44(48-45)33-23-25-39-37(26-33)34-14-7-8-16-38(34)49-39/h1-22,24,26-27H,23,25H2. The molecule has 0 N–H and O–H groups in total. The Bertz CT molecular complexity index is 2740. The van der Waals surface area contributed by atoms with E-state index in [2.05, 4.69) is 91.0 Å². The van der Waals surface area contributed by atoms with Gasteiger partial charge in [0.1, 0.15) is 22.5 Å². The quantitative estimate of drug-likeness (QED) is 0.187. The van der Waals surface area contributed by atoms with Crippen molar-refractivity contribution in [3.05, 3.63) is 163 Å². The second-order valence-electron chi connectivity index (χ2n) is 12.7. The van der Waals surface area contributed by atoms with E-state index in [0.717, 1.165) is 84.9 Å². The number of rotatable bonds is 5. The van der Waals surface area contributed by atoms with Crippen LogP contribution in [0.25, 0.3) is 89.6 Å². The van der Waals surface area contributed by atoms with Crippen LogP contribution in [0.15, 0.2) is 154 Å². The smallest absolute Gasteiger partial charge is 0.164 e. The predicted molar refractivity (Wildman–Crippen MR) is 201 cm³/mol. The van der Waals surface area contributed by atoms with Gasteiger partial charge in [-0.25, -0.2) is 15.0 Å². The average molecular weight is 644 g/mol. The van der Waals surface area contributed by atoms with Gasteiger partial charge in [0.25, 0.3) is 0 Å². The lowest BCUT2D eigenvalue weighted by atomic mass is 9.95. The number of hydrogen-bond donors (Lipinski definition) is 0. The maximum atomic E-state index is 6.51. The molecule has 0 aliphatic heterocycles. The molecule has 5 nitrogen and oxygen atoms in total. The van der Waals surface area contributed by atoms with Gasteiger partial charge >= 0.3 is 0 Å². The first-order valence-electron chi connectivity index (χ1n) is 16.9. The van der Waals surface area contributed by atoms with Crippen LogP contribution in [0.4, 0.5) is 0 Å². The first-order chi connectivity index (χ1) is 24.7. The van der Waals surface area contributed by atoms with Crippen LogP contribution in [0.3, 0.4) is 0 Å². The lowest BCUT2D eigenvalue weighted by Crippen LogP contribution is -2.05. The van der Waals surface area contributed by atoms with E-state index in [-0.39, 0.29) is 0 Å². The molecule has 6 aromatic carbocycles. The van der Waals surface area contributed by atoms with Crippen molar-refractivity contribution in [2.75, 3.05) is 0 Å². The fraction of sp³-hybridized carbons (Fsp3) is 0.0444. The Balaban J connectivity index is 1.10. The zero-order valence-electron chi connectivity index (χ0n) is 27.0. The van der Waals surface area contributed by atoms with Gasteiger partial charge in [0.2, 0.25) is 0 Å². The fourth-order valence-corrected chi connectivity index (χ4v) is 7.16. The van der Waals surface area contributed by atoms with Crippen LogP contribution in [0.2, 0.25) is 0 Å². The summed E-state index contributed by atoms with van der Waals surface area (Å²) in [5.74, 6) is 2.94. The highest BCUT2D eigenvalue weighted by Gasteiger charge is 2.23. The summed E-state index contributed by atoms with van der Waals surface area (Å²) in [7, 11) is 0. The lowest BCUT2D eigenvalue weighted by Gasteiger charge is -2.14. The maximum absolute atomic E-state index is 6.51. The van der Waals surface area contributed by atoms with Crippen LogP contribution < -0.4 is 0 Å².